The van der Waals surface area contributed by atoms with Crippen LogP contribution in [0.2, 0.25) is 5.02 Å². The van der Waals surface area contributed by atoms with E-state index in [1.807, 2.05) is 18.2 Å². The lowest BCUT2D eigenvalue weighted by atomic mass is 10.1. The molecule has 1 heterocycles. The van der Waals surface area contributed by atoms with Crippen molar-refractivity contribution in [3.8, 4) is 0 Å². The van der Waals surface area contributed by atoms with Crippen LogP contribution in [0.3, 0.4) is 0 Å². The Morgan fingerprint density at radius 3 is 3.05 bits per heavy atom. The summed E-state index contributed by atoms with van der Waals surface area (Å²) in [5.74, 6) is -0.444. The number of halogens is 1. The van der Waals surface area contributed by atoms with Crippen molar-refractivity contribution in [2.45, 2.75) is 19.6 Å². The second-order valence-electron chi connectivity index (χ2n) is 4.47. The van der Waals surface area contributed by atoms with Gasteiger partial charge in [-0.1, -0.05) is 29.8 Å². The monoisotopic (exact) mass is 305 g/mol. The van der Waals surface area contributed by atoms with Gasteiger partial charge in [-0.2, -0.15) is 0 Å². The first-order chi connectivity index (χ1) is 10.1. The Morgan fingerprint density at radius 1 is 1.48 bits per heavy atom. The zero-order chi connectivity index (χ0) is 15.2. The predicted molar refractivity (Wildman–Crippen MR) is 82.2 cm³/mol. The van der Waals surface area contributed by atoms with Crippen LogP contribution < -0.4 is 0 Å². The zero-order valence-corrected chi connectivity index (χ0v) is 12.5. The maximum atomic E-state index is 11.8. The van der Waals surface area contributed by atoms with Crippen LogP contribution in [0, 0.1) is 0 Å². The minimum absolute atomic E-state index is 0.0633. The van der Waals surface area contributed by atoms with Crippen molar-refractivity contribution < 1.29 is 14.3 Å². The maximum absolute atomic E-state index is 11.8. The summed E-state index contributed by atoms with van der Waals surface area (Å²) in [6.45, 7) is 5.52. The van der Waals surface area contributed by atoms with E-state index in [4.69, 9.17) is 21.1 Å². The third-order valence-electron chi connectivity index (χ3n) is 2.98. The number of hydrogen-bond acceptors (Lipinski definition) is 4. The van der Waals surface area contributed by atoms with E-state index in [2.05, 4.69) is 11.6 Å². The molecule has 2 rings (SSSR count). The third-order valence-corrected chi connectivity index (χ3v) is 3.33. The van der Waals surface area contributed by atoms with Crippen LogP contribution in [0.25, 0.3) is 10.9 Å². The van der Waals surface area contributed by atoms with Crippen molar-refractivity contribution in [1.82, 2.24) is 4.98 Å². The normalized spacial score (nSPS) is 12.1. The quantitative estimate of drug-likeness (QED) is 0.605. The van der Waals surface area contributed by atoms with E-state index in [0.717, 1.165) is 10.9 Å². The van der Waals surface area contributed by atoms with Gasteiger partial charge in [0.15, 0.2) is 6.10 Å². The topological polar surface area (TPSA) is 48.4 Å². The highest BCUT2D eigenvalue weighted by Gasteiger charge is 2.16. The summed E-state index contributed by atoms with van der Waals surface area (Å²) in [4.78, 5) is 16.1. The van der Waals surface area contributed by atoms with E-state index in [1.165, 1.54) is 0 Å². The summed E-state index contributed by atoms with van der Waals surface area (Å²) in [7, 11) is 0. The first-order valence-electron chi connectivity index (χ1n) is 6.54. The van der Waals surface area contributed by atoms with Gasteiger partial charge in [-0.3, -0.25) is 4.98 Å². The number of esters is 1. The largest absolute Gasteiger partial charge is 0.459 e. The lowest BCUT2D eigenvalue weighted by Crippen LogP contribution is -2.23. The Hall–Kier alpha value is -1.91. The molecule has 0 N–H and O–H groups in total. The van der Waals surface area contributed by atoms with E-state index in [1.54, 1.807) is 25.3 Å². The highest BCUT2D eigenvalue weighted by atomic mass is 35.5. The molecule has 0 saturated heterocycles. The van der Waals surface area contributed by atoms with Gasteiger partial charge in [0, 0.05) is 22.2 Å². The summed E-state index contributed by atoms with van der Waals surface area (Å²) in [6, 6.07) is 7.43. The van der Waals surface area contributed by atoms with Crippen LogP contribution in [-0.4, -0.2) is 23.7 Å². The molecule has 0 aliphatic heterocycles. The van der Waals surface area contributed by atoms with Crippen molar-refractivity contribution >= 4 is 28.5 Å². The van der Waals surface area contributed by atoms with Crippen molar-refractivity contribution in [2.75, 3.05) is 6.61 Å². The second kappa shape index (κ2) is 7.20. The Kier molecular flexibility index (Phi) is 5.31. The summed E-state index contributed by atoms with van der Waals surface area (Å²) in [5.41, 5.74) is 1.43. The Balaban J connectivity index is 2.11. The molecule has 5 heteroatoms. The molecule has 21 heavy (non-hydrogen) atoms. The fraction of sp³-hybridized carbons (Fsp3) is 0.250. The lowest BCUT2D eigenvalue weighted by Gasteiger charge is -2.13. The van der Waals surface area contributed by atoms with Crippen molar-refractivity contribution in [1.29, 1.82) is 0 Å². The minimum atomic E-state index is -0.648. The molecule has 1 aromatic carbocycles. The summed E-state index contributed by atoms with van der Waals surface area (Å²) in [5, 5.41) is 1.47. The predicted octanol–water partition coefficient (Wildman–Crippen LogP) is 3.52. The number of nitrogens with zero attached hydrogens (tertiary/aromatic N) is 1. The molecule has 0 aliphatic rings. The van der Waals surface area contributed by atoms with Crippen LogP contribution in [0.5, 0.6) is 0 Å². The zero-order valence-electron chi connectivity index (χ0n) is 11.7. The van der Waals surface area contributed by atoms with Crippen molar-refractivity contribution in [3.63, 3.8) is 0 Å². The number of hydrogen-bond donors (Lipinski definition) is 0. The molecular weight excluding hydrogens is 290 g/mol. The van der Waals surface area contributed by atoms with Crippen LogP contribution in [0.15, 0.2) is 43.1 Å². The number of fused-ring (bicyclic) bond motifs is 1. The van der Waals surface area contributed by atoms with Crippen LogP contribution in [-0.2, 0) is 20.9 Å². The lowest BCUT2D eigenvalue weighted by molar-refractivity contribution is -0.156. The highest BCUT2D eigenvalue weighted by Crippen LogP contribution is 2.25. The van der Waals surface area contributed by atoms with Gasteiger partial charge in [0.2, 0.25) is 0 Å². The average Bonchev–Trinajstić information content (AvgIpc) is 2.51. The fourth-order valence-corrected chi connectivity index (χ4v) is 2.07. The van der Waals surface area contributed by atoms with Crippen LogP contribution >= 0.6 is 11.6 Å². The van der Waals surface area contributed by atoms with E-state index in [9.17, 15) is 4.79 Å². The van der Waals surface area contributed by atoms with Gasteiger partial charge < -0.3 is 9.47 Å². The number of pyridine rings is 1. The van der Waals surface area contributed by atoms with Gasteiger partial charge in [-0.25, -0.2) is 4.79 Å². The number of aromatic nitrogens is 1. The molecule has 0 amide bonds. The summed E-state index contributed by atoms with van der Waals surface area (Å²) < 4.78 is 10.5. The Bertz CT molecular complexity index is 657. The van der Waals surface area contributed by atoms with E-state index < -0.39 is 12.1 Å². The molecule has 4 nitrogen and oxygen atoms in total. The van der Waals surface area contributed by atoms with Gasteiger partial charge in [0.05, 0.1) is 12.1 Å². The molecule has 2 aromatic rings. The number of carbonyl (C=O) groups excluding carboxylic acids is 1. The van der Waals surface area contributed by atoms with E-state index in [-0.39, 0.29) is 6.61 Å². The minimum Gasteiger partial charge on any atom is -0.459 e. The average molecular weight is 306 g/mol. The van der Waals surface area contributed by atoms with Gasteiger partial charge in [0.25, 0.3) is 0 Å². The highest BCUT2D eigenvalue weighted by molar-refractivity contribution is 6.32. The SMILES string of the molecule is C=CCOC(C)C(=O)OCc1c(Cl)ccc2cccnc12. The number of ether oxygens (including phenoxy) is 2. The maximum Gasteiger partial charge on any atom is 0.335 e. The molecule has 0 aliphatic carbocycles. The molecule has 1 atom stereocenters. The molecule has 1 aromatic heterocycles. The fourth-order valence-electron chi connectivity index (χ4n) is 1.86. The number of benzene rings is 1. The number of carbonyl (C=O) groups is 1. The second-order valence-corrected chi connectivity index (χ2v) is 4.88. The van der Waals surface area contributed by atoms with E-state index >= 15 is 0 Å². The molecule has 1 unspecified atom stereocenters. The standard InChI is InChI=1S/C16H16ClNO3/c1-3-9-20-11(2)16(19)21-10-13-14(17)7-6-12-5-4-8-18-15(12)13/h3-8,11H,1,9-10H2,2H3. The van der Waals surface area contributed by atoms with Crippen LogP contribution in [0.4, 0.5) is 0 Å². The van der Waals surface area contributed by atoms with Crippen molar-refractivity contribution in [2.24, 2.45) is 0 Å². The third kappa shape index (κ3) is 3.80. The molecule has 110 valence electrons. The van der Waals surface area contributed by atoms with Crippen LogP contribution in [0.1, 0.15) is 12.5 Å². The van der Waals surface area contributed by atoms with Gasteiger partial charge in [-0.15, -0.1) is 6.58 Å². The van der Waals surface area contributed by atoms with Gasteiger partial charge in [0.1, 0.15) is 6.61 Å². The molecule has 0 saturated carbocycles. The molecule has 0 spiro atoms. The smallest absolute Gasteiger partial charge is 0.335 e. The Labute approximate surface area is 128 Å². The Morgan fingerprint density at radius 2 is 2.29 bits per heavy atom. The first-order valence-corrected chi connectivity index (χ1v) is 6.92. The first kappa shape index (κ1) is 15.5. The summed E-state index contributed by atoms with van der Waals surface area (Å²) in [6.07, 6.45) is 2.61. The molecule has 0 fully saturated rings. The summed E-state index contributed by atoms with van der Waals surface area (Å²) >= 11 is 6.17. The molecular formula is C16H16ClNO3. The molecule has 0 bridgehead atoms. The van der Waals surface area contributed by atoms with Gasteiger partial charge in [-0.05, 0) is 19.1 Å². The molecule has 0 radical (unpaired) electrons. The number of rotatable bonds is 6. The van der Waals surface area contributed by atoms with E-state index in [0.29, 0.717) is 17.2 Å². The van der Waals surface area contributed by atoms with Crippen molar-refractivity contribution in [3.05, 3.63) is 53.7 Å². The van der Waals surface area contributed by atoms with Gasteiger partial charge >= 0.3 is 5.97 Å².